The van der Waals surface area contributed by atoms with Gasteiger partial charge in [-0.05, 0) is 83.8 Å². The quantitative estimate of drug-likeness (QED) is 0.404. The Bertz CT molecular complexity index is 1500. The molecule has 5 aliphatic rings. The Morgan fingerprint density at radius 1 is 0.979 bits per heavy atom. The standard InChI is InChI=1S/C37H51N9O/c1-41(2)30-16-22-44(26-30)37-39-33-25-29(45-21-7-10-28-9-3-4-11-34(28)45)13-14-32(33)36(40-37)43-23-24-46(31(27-43)15-17-38)35(47)12-8-20-42-18-5-6-19-42/h3-4,8-9,11-12,29-31H,5-7,10,13-16,18-27H2,1-2H3. The number of nitrogens with zero attached hydrogens (tertiary/aromatic N) is 9. The first-order valence-electron chi connectivity index (χ1n) is 18.0. The number of fused-ring (bicyclic) bond motifs is 2. The molecule has 250 valence electrons. The fourth-order valence-electron chi connectivity index (χ4n) is 8.50. The van der Waals surface area contributed by atoms with Gasteiger partial charge in [-0.3, -0.25) is 9.69 Å². The van der Waals surface area contributed by atoms with Gasteiger partial charge in [0, 0.05) is 81.6 Å². The third-order valence-electron chi connectivity index (χ3n) is 11.2. The number of carbonyl (C=O) groups excluding carboxylic acids is 1. The van der Waals surface area contributed by atoms with Crippen molar-refractivity contribution < 1.29 is 4.79 Å². The van der Waals surface area contributed by atoms with Gasteiger partial charge in [0.05, 0.1) is 24.2 Å². The van der Waals surface area contributed by atoms with Crippen LogP contribution in [0.25, 0.3) is 0 Å². The van der Waals surface area contributed by atoms with E-state index in [1.54, 1.807) is 6.08 Å². The molecule has 3 unspecified atom stereocenters. The summed E-state index contributed by atoms with van der Waals surface area (Å²) in [6, 6.07) is 12.0. The van der Waals surface area contributed by atoms with E-state index in [0.717, 1.165) is 83.1 Å². The second kappa shape index (κ2) is 14.2. The molecule has 0 bridgehead atoms. The maximum Gasteiger partial charge on any atom is 0.246 e. The molecule has 10 nitrogen and oxygen atoms in total. The number of para-hydroxylation sites is 1. The number of amides is 1. The Morgan fingerprint density at radius 3 is 2.64 bits per heavy atom. The lowest BCUT2D eigenvalue weighted by Gasteiger charge is -2.43. The van der Waals surface area contributed by atoms with Crippen molar-refractivity contribution in [1.29, 1.82) is 5.26 Å². The van der Waals surface area contributed by atoms with Gasteiger partial charge in [-0.25, -0.2) is 4.98 Å². The van der Waals surface area contributed by atoms with E-state index in [4.69, 9.17) is 9.97 Å². The minimum atomic E-state index is -0.169. The SMILES string of the molecule is CN(C)C1CCN(c2nc3c(c(N4CCN(C(=O)C=CCN5CCCC5)C(CC#N)C4)n2)CCC(N2CCCc4ccccc42)C3)C1. The van der Waals surface area contributed by atoms with Crippen LogP contribution in [-0.4, -0.2) is 122 Å². The van der Waals surface area contributed by atoms with Gasteiger partial charge in [-0.1, -0.05) is 24.3 Å². The topological polar surface area (TPSA) is 86.1 Å². The number of hydrogen-bond donors (Lipinski definition) is 0. The summed E-state index contributed by atoms with van der Waals surface area (Å²) < 4.78 is 0. The number of aryl methyl sites for hydroxylation is 1. The van der Waals surface area contributed by atoms with Crippen molar-refractivity contribution in [1.82, 2.24) is 24.7 Å². The molecule has 5 heterocycles. The van der Waals surface area contributed by atoms with E-state index in [9.17, 15) is 10.1 Å². The number of rotatable bonds is 8. The third-order valence-corrected chi connectivity index (χ3v) is 11.2. The number of hydrogen-bond acceptors (Lipinski definition) is 9. The summed E-state index contributed by atoms with van der Waals surface area (Å²) in [5, 5.41) is 9.79. The lowest BCUT2D eigenvalue weighted by molar-refractivity contribution is -0.128. The summed E-state index contributed by atoms with van der Waals surface area (Å²) in [7, 11) is 4.32. The normalized spacial score (nSPS) is 25.0. The molecule has 3 fully saturated rings. The van der Waals surface area contributed by atoms with Gasteiger partial charge in [0.1, 0.15) is 5.82 Å². The number of carbonyl (C=O) groups is 1. The van der Waals surface area contributed by atoms with Gasteiger partial charge in [0.25, 0.3) is 0 Å². The number of likely N-dealkylation sites (tertiary alicyclic amines) is 1. The van der Waals surface area contributed by atoms with Crippen LogP contribution in [0.1, 0.15) is 55.3 Å². The maximum atomic E-state index is 13.4. The minimum Gasteiger partial charge on any atom is -0.368 e. The number of anilines is 3. The van der Waals surface area contributed by atoms with Crippen molar-refractivity contribution in [3.63, 3.8) is 0 Å². The van der Waals surface area contributed by atoms with Gasteiger partial charge >= 0.3 is 0 Å². The van der Waals surface area contributed by atoms with Crippen molar-refractivity contribution in [2.24, 2.45) is 0 Å². The molecule has 0 radical (unpaired) electrons. The number of likely N-dealkylation sites (N-methyl/N-ethyl adjacent to an activating group) is 1. The summed E-state index contributed by atoms with van der Waals surface area (Å²) in [5.74, 6) is 1.88. The second-order valence-electron chi connectivity index (χ2n) is 14.4. The second-order valence-corrected chi connectivity index (χ2v) is 14.4. The average molecular weight is 638 g/mol. The molecular formula is C37H51N9O. The van der Waals surface area contributed by atoms with Crippen molar-refractivity contribution in [2.45, 2.75) is 75.9 Å². The lowest BCUT2D eigenvalue weighted by Crippen LogP contribution is -2.55. The van der Waals surface area contributed by atoms with E-state index in [0.29, 0.717) is 38.1 Å². The highest BCUT2D eigenvalue weighted by atomic mass is 16.2. The van der Waals surface area contributed by atoms with E-state index in [1.165, 1.54) is 41.8 Å². The molecule has 2 aromatic rings. The van der Waals surface area contributed by atoms with Gasteiger partial charge in [-0.15, -0.1) is 0 Å². The number of piperazine rings is 1. The predicted molar refractivity (Wildman–Crippen MR) is 187 cm³/mol. The molecule has 4 aliphatic heterocycles. The van der Waals surface area contributed by atoms with Crippen LogP contribution in [0.5, 0.6) is 0 Å². The van der Waals surface area contributed by atoms with E-state index >= 15 is 0 Å². The van der Waals surface area contributed by atoms with Crippen molar-refractivity contribution in [3.8, 4) is 6.07 Å². The Labute approximate surface area is 280 Å². The van der Waals surface area contributed by atoms with Crippen LogP contribution < -0.4 is 14.7 Å². The number of aromatic nitrogens is 2. The molecule has 7 rings (SSSR count). The number of benzene rings is 1. The smallest absolute Gasteiger partial charge is 0.246 e. The first-order chi connectivity index (χ1) is 23.0. The molecule has 47 heavy (non-hydrogen) atoms. The molecule has 3 saturated heterocycles. The third kappa shape index (κ3) is 6.84. The Hall–Kier alpha value is -3.68. The summed E-state index contributed by atoms with van der Waals surface area (Å²) >= 11 is 0. The molecular weight excluding hydrogens is 586 g/mol. The molecule has 1 aliphatic carbocycles. The minimum absolute atomic E-state index is 0.0194. The zero-order valence-electron chi connectivity index (χ0n) is 28.4. The monoisotopic (exact) mass is 637 g/mol. The summed E-state index contributed by atoms with van der Waals surface area (Å²) in [6.07, 6.45) is 12.9. The van der Waals surface area contributed by atoms with E-state index < -0.39 is 0 Å². The molecule has 3 atom stereocenters. The fraction of sp³-hybridized carbons (Fsp3) is 0.622. The first kappa shape index (κ1) is 31.9. The van der Waals surface area contributed by atoms with Crippen LogP contribution in [0.2, 0.25) is 0 Å². The molecule has 10 heteroatoms. The summed E-state index contributed by atoms with van der Waals surface area (Å²) in [6.45, 7) is 7.93. The molecule has 0 saturated carbocycles. The van der Waals surface area contributed by atoms with Crippen LogP contribution in [0.4, 0.5) is 17.5 Å². The fourth-order valence-corrected chi connectivity index (χ4v) is 8.50. The van der Waals surface area contributed by atoms with Crippen molar-refractivity contribution in [3.05, 3.63) is 53.2 Å². The molecule has 1 aromatic heterocycles. The average Bonchev–Trinajstić information content (AvgIpc) is 3.81. The molecule has 0 spiro atoms. The molecule has 1 aromatic carbocycles. The van der Waals surface area contributed by atoms with Gasteiger partial charge in [0.15, 0.2) is 0 Å². The van der Waals surface area contributed by atoms with Gasteiger partial charge in [-0.2, -0.15) is 10.2 Å². The van der Waals surface area contributed by atoms with E-state index in [-0.39, 0.29) is 11.9 Å². The van der Waals surface area contributed by atoms with Crippen LogP contribution in [0.15, 0.2) is 36.4 Å². The van der Waals surface area contributed by atoms with Crippen molar-refractivity contribution in [2.75, 3.05) is 87.7 Å². The van der Waals surface area contributed by atoms with Crippen LogP contribution in [-0.2, 0) is 24.1 Å². The highest BCUT2D eigenvalue weighted by Crippen LogP contribution is 2.37. The van der Waals surface area contributed by atoms with Crippen LogP contribution in [0.3, 0.4) is 0 Å². The highest BCUT2D eigenvalue weighted by Gasteiger charge is 2.36. The zero-order valence-corrected chi connectivity index (χ0v) is 28.4. The van der Waals surface area contributed by atoms with E-state index in [2.05, 4.69) is 68.9 Å². The van der Waals surface area contributed by atoms with Crippen LogP contribution >= 0.6 is 0 Å². The lowest BCUT2D eigenvalue weighted by atomic mass is 9.88. The van der Waals surface area contributed by atoms with Crippen molar-refractivity contribution >= 4 is 23.4 Å². The predicted octanol–water partition coefficient (Wildman–Crippen LogP) is 3.51. The first-order valence-corrected chi connectivity index (χ1v) is 18.0. The summed E-state index contributed by atoms with van der Waals surface area (Å²) in [5.41, 5.74) is 5.30. The van der Waals surface area contributed by atoms with E-state index in [1.807, 2.05) is 11.0 Å². The zero-order chi connectivity index (χ0) is 32.3. The Morgan fingerprint density at radius 2 is 1.83 bits per heavy atom. The molecule has 1 amide bonds. The number of nitriles is 1. The van der Waals surface area contributed by atoms with Gasteiger partial charge in [0.2, 0.25) is 11.9 Å². The van der Waals surface area contributed by atoms with Crippen LogP contribution in [0, 0.1) is 11.3 Å². The van der Waals surface area contributed by atoms with Gasteiger partial charge < -0.3 is 24.5 Å². The summed E-state index contributed by atoms with van der Waals surface area (Å²) in [4.78, 5) is 38.0. The largest absolute Gasteiger partial charge is 0.368 e. The Kier molecular flexibility index (Phi) is 9.64. The Balaban J connectivity index is 1.14. The highest BCUT2D eigenvalue weighted by molar-refractivity contribution is 5.88. The molecule has 0 N–H and O–H groups in total. The maximum absolute atomic E-state index is 13.4.